The van der Waals surface area contributed by atoms with Gasteiger partial charge in [-0.15, -0.1) is 0 Å². The summed E-state index contributed by atoms with van der Waals surface area (Å²) in [5.74, 6) is -2.49. The van der Waals surface area contributed by atoms with E-state index in [0.717, 1.165) is 0 Å². The third-order valence-electron chi connectivity index (χ3n) is 4.00. The largest absolute Gasteiger partial charge is 0.477 e. The highest BCUT2D eigenvalue weighted by atomic mass is 16.8. The van der Waals surface area contributed by atoms with Crippen molar-refractivity contribution in [2.24, 2.45) is 0 Å². The van der Waals surface area contributed by atoms with Crippen molar-refractivity contribution in [1.29, 1.82) is 0 Å². The Labute approximate surface area is 131 Å². The van der Waals surface area contributed by atoms with E-state index in [4.69, 9.17) is 14.6 Å². The van der Waals surface area contributed by atoms with Gasteiger partial charge in [-0.25, -0.2) is 4.79 Å². The molecule has 3 atom stereocenters. The molecule has 6 nitrogen and oxygen atoms in total. The number of ether oxygens (including phenoxy) is 2. The molecule has 1 aromatic heterocycles. The minimum atomic E-state index is -1.42. The molecule has 3 heterocycles. The Kier molecular flexibility index (Phi) is 5.50. The molecule has 2 aliphatic heterocycles. The van der Waals surface area contributed by atoms with Gasteiger partial charge in [0.25, 0.3) is 5.79 Å². The van der Waals surface area contributed by atoms with E-state index in [1.165, 1.54) is 31.9 Å². The number of aliphatic carboxylic acids is 1. The number of carboxylic acids is 1. The van der Waals surface area contributed by atoms with Gasteiger partial charge >= 0.3 is 5.97 Å². The van der Waals surface area contributed by atoms with Crippen LogP contribution in [-0.4, -0.2) is 53.1 Å². The van der Waals surface area contributed by atoms with E-state index in [0.29, 0.717) is 12.6 Å². The number of carbonyl (C=O) groups is 1. The van der Waals surface area contributed by atoms with Crippen LogP contribution in [0, 0.1) is 0 Å². The van der Waals surface area contributed by atoms with Crippen LogP contribution in [0.4, 0.5) is 0 Å². The molecule has 0 aliphatic carbocycles. The van der Waals surface area contributed by atoms with E-state index >= 15 is 0 Å². The van der Waals surface area contributed by atoms with Gasteiger partial charge in [0.15, 0.2) is 0 Å². The van der Waals surface area contributed by atoms with Crippen LogP contribution in [0.1, 0.15) is 38.3 Å². The average molecular weight is 308 g/mol. The Morgan fingerprint density at radius 1 is 1.55 bits per heavy atom. The van der Waals surface area contributed by atoms with Gasteiger partial charge in [0.2, 0.25) is 0 Å². The normalized spacial score (nSPS) is 31.6. The molecule has 2 aliphatic rings. The number of carboxylic acid groups (broad SMARTS) is 1. The number of hydrogen-bond acceptors (Lipinski definition) is 5. The second kappa shape index (κ2) is 7.17. The molecule has 22 heavy (non-hydrogen) atoms. The van der Waals surface area contributed by atoms with Crippen molar-refractivity contribution < 1.29 is 19.4 Å². The van der Waals surface area contributed by atoms with Crippen LogP contribution in [0.3, 0.4) is 0 Å². The van der Waals surface area contributed by atoms with Crippen LogP contribution >= 0.6 is 0 Å². The monoisotopic (exact) mass is 308 g/mol. The lowest BCUT2D eigenvalue weighted by Gasteiger charge is -2.18. The van der Waals surface area contributed by atoms with Gasteiger partial charge < -0.3 is 14.6 Å². The van der Waals surface area contributed by atoms with Gasteiger partial charge in [-0.2, -0.15) is 0 Å². The molecule has 3 unspecified atom stereocenters. The van der Waals surface area contributed by atoms with Crippen molar-refractivity contribution in [3.63, 3.8) is 0 Å². The second-order valence-corrected chi connectivity index (χ2v) is 5.92. The molecule has 0 bridgehead atoms. The first-order chi connectivity index (χ1) is 10.4. The van der Waals surface area contributed by atoms with Gasteiger partial charge in [0.05, 0.1) is 12.7 Å². The number of pyridine rings is 1. The summed E-state index contributed by atoms with van der Waals surface area (Å²) in [6.07, 6.45) is 6.28. The van der Waals surface area contributed by atoms with Gasteiger partial charge in [-0.1, -0.05) is 6.07 Å². The number of rotatable bonds is 2. The molecule has 3 rings (SSSR count). The van der Waals surface area contributed by atoms with Crippen LogP contribution in [0.15, 0.2) is 24.5 Å². The minimum Gasteiger partial charge on any atom is -0.477 e. The first-order valence-corrected chi connectivity index (χ1v) is 7.57. The zero-order chi connectivity index (χ0) is 16.2. The summed E-state index contributed by atoms with van der Waals surface area (Å²) in [6.45, 7) is 4.75. The van der Waals surface area contributed by atoms with Gasteiger partial charge in [-0.3, -0.25) is 9.88 Å². The van der Waals surface area contributed by atoms with Gasteiger partial charge in [-0.05, 0) is 45.0 Å². The van der Waals surface area contributed by atoms with Crippen LogP contribution in [0.2, 0.25) is 0 Å². The number of hydrogen-bond donors (Lipinski definition) is 1. The average Bonchev–Trinajstić information content (AvgIpc) is 3.07. The third-order valence-corrected chi connectivity index (χ3v) is 4.00. The third kappa shape index (κ3) is 4.03. The minimum absolute atomic E-state index is 0.124. The molecule has 1 aromatic rings. The lowest BCUT2D eigenvalue weighted by Crippen LogP contribution is -2.36. The van der Waals surface area contributed by atoms with Gasteiger partial charge in [0, 0.05) is 25.4 Å². The number of likely N-dealkylation sites (tertiary alicyclic amines) is 1. The highest BCUT2D eigenvalue weighted by molar-refractivity contribution is 5.75. The molecule has 2 saturated heterocycles. The summed E-state index contributed by atoms with van der Waals surface area (Å²) < 4.78 is 9.88. The smallest absolute Gasteiger partial charge is 0.364 e. The van der Waals surface area contributed by atoms with E-state index in [1.54, 1.807) is 6.92 Å². The van der Waals surface area contributed by atoms with Crippen molar-refractivity contribution in [3.05, 3.63) is 30.1 Å². The summed E-state index contributed by atoms with van der Waals surface area (Å²) in [6, 6.07) is 4.79. The fourth-order valence-electron chi connectivity index (χ4n) is 2.74. The predicted molar refractivity (Wildman–Crippen MR) is 81.4 cm³/mol. The van der Waals surface area contributed by atoms with Crippen molar-refractivity contribution in [1.82, 2.24) is 9.88 Å². The van der Waals surface area contributed by atoms with E-state index in [1.807, 2.05) is 18.5 Å². The molecular weight excluding hydrogens is 284 g/mol. The van der Waals surface area contributed by atoms with E-state index in [2.05, 4.69) is 23.0 Å². The fraction of sp³-hybridized carbons (Fsp3) is 0.625. The molecule has 0 spiro atoms. The van der Waals surface area contributed by atoms with Crippen LogP contribution in [0.25, 0.3) is 0 Å². The summed E-state index contributed by atoms with van der Waals surface area (Å²) >= 11 is 0. The standard InChI is InChI=1S/C10H14N2.C6H10O4/c1-12-7-3-5-10(12)9-4-2-6-11-8-9;1-4-3-9-6(2,10-4)5(7)8/h2,4,6,8,10H,3,5,7H2,1H3;4H,3H2,1-2H3,(H,7,8). The van der Waals surface area contributed by atoms with Crippen molar-refractivity contribution >= 4 is 5.97 Å². The summed E-state index contributed by atoms with van der Waals surface area (Å²) in [5, 5.41) is 8.54. The number of aromatic nitrogens is 1. The molecule has 0 aromatic carbocycles. The van der Waals surface area contributed by atoms with Crippen molar-refractivity contribution in [2.45, 2.75) is 44.6 Å². The quantitative estimate of drug-likeness (QED) is 0.902. The molecule has 6 heteroatoms. The maximum atomic E-state index is 10.4. The first-order valence-electron chi connectivity index (χ1n) is 7.57. The Morgan fingerprint density at radius 2 is 2.32 bits per heavy atom. The Morgan fingerprint density at radius 3 is 2.73 bits per heavy atom. The lowest BCUT2D eigenvalue weighted by molar-refractivity contribution is -0.198. The summed E-state index contributed by atoms with van der Waals surface area (Å²) in [7, 11) is 2.19. The first kappa shape index (κ1) is 16.9. The zero-order valence-corrected chi connectivity index (χ0v) is 13.4. The van der Waals surface area contributed by atoms with Crippen molar-refractivity contribution in [3.8, 4) is 0 Å². The predicted octanol–water partition coefficient (Wildman–Crippen LogP) is 2.07. The van der Waals surface area contributed by atoms with E-state index in [-0.39, 0.29) is 6.10 Å². The summed E-state index contributed by atoms with van der Waals surface area (Å²) in [4.78, 5) is 17.0. The fourth-order valence-corrected chi connectivity index (χ4v) is 2.74. The molecular formula is C16H24N2O4. The summed E-state index contributed by atoms with van der Waals surface area (Å²) in [5.41, 5.74) is 1.36. The Bertz CT molecular complexity index is 496. The molecule has 2 fully saturated rings. The van der Waals surface area contributed by atoms with E-state index in [9.17, 15) is 4.79 Å². The van der Waals surface area contributed by atoms with E-state index < -0.39 is 11.8 Å². The van der Waals surface area contributed by atoms with Crippen LogP contribution in [0.5, 0.6) is 0 Å². The van der Waals surface area contributed by atoms with Crippen LogP contribution in [-0.2, 0) is 14.3 Å². The van der Waals surface area contributed by atoms with Crippen LogP contribution < -0.4 is 0 Å². The SMILES string of the molecule is CC1COC(C)(C(=O)O)O1.CN1CCCC1c1cccnc1. The Balaban J connectivity index is 0.000000164. The maximum Gasteiger partial charge on any atom is 0.364 e. The molecule has 1 N–H and O–H groups in total. The molecule has 0 radical (unpaired) electrons. The topological polar surface area (TPSA) is 71.9 Å². The second-order valence-electron chi connectivity index (χ2n) is 5.92. The molecule has 122 valence electrons. The maximum absolute atomic E-state index is 10.4. The van der Waals surface area contributed by atoms with Gasteiger partial charge in [0.1, 0.15) is 0 Å². The lowest BCUT2D eigenvalue weighted by atomic mass is 10.1. The Hall–Kier alpha value is -1.50. The zero-order valence-electron chi connectivity index (χ0n) is 13.4. The highest BCUT2D eigenvalue weighted by Gasteiger charge is 2.42. The molecule has 0 saturated carbocycles. The highest BCUT2D eigenvalue weighted by Crippen LogP contribution is 2.29. The molecule has 0 amide bonds. The van der Waals surface area contributed by atoms with Crippen molar-refractivity contribution in [2.75, 3.05) is 20.2 Å². The number of nitrogens with zero attached hydrogens (tertiary/aromatic N) is 2.